The van der Waals surface area contributed by atoms with Gasteiger partial charge < -0.3 is 5.73 Å². The van der Waals surface area contributed by atoms with Crippen LogP contribution in [0.3, 0.4) is 0 Å². The maximum Gasteiger partial charge on any atom is 0.151 e. The van der Waals surface area contributed by atoms with Gasteiger partial charge in [0, 0.05) is 28.8 Å². The van der Waals surface area contributed by atoms with E-state index in [-0.39, 0.29) is 0 Å². The zero-order chi connectivity index (χ0) is 21.5. The van der Waals surface area contributed by atoms with Crippen molar-refractivity contribution < 1.29 is 0 Å². The highest BCUT2D eigenvalue weighted by Crippen LogP contribution is 2.39. The van der Waals surface area contributed by atoms with E-state index >= 15 is 0 Å². The standard InChI is InChI=1S/C26H26N6/c27-26-25-22(14-24(32(25)29-17-28-26)19-9-5-2-6-10-19)20-11-12-21-16-31(30-23(21)13-20)15-18-7-3-1-4-8-18/h1,3-4,7-8,11-14,16-17,19H,2,5-6,9-10,15H2,(H2,27,28,29). The lowest BCUT2D eigenvalue weighted by atomic mass is 9.87. The monoisotopic (exact) mass is 422 g/mol. The number of rotatable bonds is 4. The molecule has 5 aromatic rings. The van der Waals surface area contributed by atoms with Crippen LogP contribution in [0.15, 0.2) is 67.1 Å². The molecule has 0 saturated heterocycles. The Balaban J connectivity index is 1.43. The number of aromatic nitrogens is 5. The van der Waals surface area contributed by atoms with Gasteiger partial charge in [-0.05, 0) is 36.1 Å². The van der Waals surface area contributed by atoms with Gasteiger partial charge in [-0.25, -0.2) is 9.50 Å². The topological polar surface area (TPSA) is 74.0 Å². The molecular formula is C26H26N6. The fourth-order valence-corrected chi connectivity index (χ4v) is 5.09. The van der Waals surface area contributed by atoms with E-state index in [0.29, 0.717) is 11.7 Å². The molecule has 1 fully saturated rings. The third-order valence-corrected chi connectivity index (χ3v) is 6.69. The van der Waals surface area contributed by atoms with Crippen molar-refractivity contribution in [3.8, 4) is 11.1 Å². The van der Waals surface area contributed by atoms with Gasteiger partial charge >= 0.3 is 0 Å². The Morgan fingerprint density at radius 3 is 2.66 bits per heavy atom. The SMILES string of the molecule is Nc1ncnn2c(C3CCCCC3)cc(-c3ccc4cn(Cc5ccccc5)nc4c3)c12. The van der Waals surface area contributed by atoms with Gasteiger partial charge in [-0.15, -0.1) is 0 Å². The zero-order valence-corrected chi connectivity index (χ0v) is 18.0. The predicted molar refractivity (Wildman–Crippen MR) is 127 cm³/mol. The van der Waals surface area contributed by atoms with Gasteiger partial charge in [-0.3, -0.25) is 4.68 Å². The molecule has 0 amide bonds. The number of nitrogens with two attached hydrogens (primary N) is 1. The number of anilines is 1. The van der Waals surface area contributed by atoms with Gasteiger partial charge in [0.25, 0.3) is 0 Å². The number of nitrogen functional groups attached to an aromatic ring is 1. The smallest absolute Gasteiger partial charge is 0.151 e. The summed E-state index contributed by atoms with van der Waals surface area (Å²) in [5, 5.41) is 10.6. The largest absolute Gasteiger partial charge is 0.382 e. The first-order valence-corrected chi connectivity index (χ1v) is 11.4. The quantitative estimate of drug-likeness (QED) is 0.419. The lowest BCUT2D eigenvalue weighted by molar-refractivity contribution is 0.431. The fraction of sp³-hybridized carbons (Fsp3) is 0.269. The van der Waals surface area contributed by atoms with Crippen molar-refractivity contribution in [2.24, 2.45) is 0 Å². The van der Waals surface area contributed by atoms with E-state index < -0.39 is 0 Å². The van der Waals surface area contributed by atoms with Gasteiger partial charge in [0.2, 0.25) is 0 Å². The van der Waals surface area contributed by atoms with Crippen molar-refractivity contribution in [1.82, 2.24) is 24.4 Å². The van der Waals surface area contributed by atoms with Crippen molar-refractivity contribution in [3.05, 3.63) is 78.4 Å². The van der Waals surface area contributed by atoms with Gasteiger partial charge in [-0.2, -0.15) is 10.2 Å². The highest BCUT2D eigenvalue weighted by atomic mass is 15.3. The Labute approximate surface area is 186 Å². The molecule has 0 bridgehead atoms. The minimum absolute atomic E-state index is 0.520. The molecule has 3 aromatic heterocycles. The van der Waals surface area contributed by atoms with Crippen molar-refractivity contribution in [2.75, 3.05) is 5.73 Å². The molecular weight excluding hydrogens is 396 g/mol. The van der Waals surface area contributed by atoms with Crippen LogP contribution in [0.5, 0.6) is 0 Å². The van der Waals surface area contributed by atoms with Crippen LogP contribution < -0.4 is 5.73 Å². The van der Waals surface area contributed by atoms with Crippen LogP contribution in [0, 0.1) is 0 Å². The second-order valence-electron chi connectivity index (χ2n) is 8.81. The molecule has 6 rings (SSSR count). The molecule has 2 aromatic carbocycles. The van der Waals surface area contributed by atoms with Crippen LogP contribution in [-0.4, -0.2) is 24.4 Å². The van der Waals surface area contributed by atoms with Crippen molar-refractivity contribution in [2.45, 2.75) is 44.6 Å². The first kappa shape index (κ1) is 19.0. The molecule has 0 atom stereocenters. The molecule has 6 nitrogen and oxygen atoms in total. The van der Waals surface area contributed by atoms with Gasteiger partial charge in [0.15, 0.2) is 5.82 Å². The number of hydrogen-bond acceptors (Lipinski definition) is 4. The van der Waals surface area contributed by atoms with E-state index in [0.717, 1.165) is 34.1 Å². The maximum atomic E-state index is 6.35. The van der Waals surface area contributed by atoms with Crippen LogP contribution in [0.25, 0.3) is 27.5 Å². The highest BCUT2D eigenvalue weighted by molar-refractivity contribution is 5.92. The normalized spacial score (nSPS) is 15.0. The van der Waals surface area contributed by atoms with E-state index in [4.69, 9.17) is 10.8 Å². The van der Waals surface area contributed by atoms with Crippen LogP contribution in [-0.2, 0) is 6.54 Å². The van der Waals surface area contributed by atoms with Gasteiger partial charge in [0.05, 0.1) is 12.1 Å². The molecule has 1 saturated carbocycles. The average Bonchev–Trinajstić information content (AvgIpc) is 3.41. The molecule has 2 N–H and O–H groups in total. The summed E-state index contributed by atoms with van der Waals surface area (Å²) in [4.78, 5) is 4.29. The molecule has 0 aliphatic heterocycles. The molecule has 3 heterocycles. The maximum absolute atomic E-state index is 6.35. The first-order valence-electron chi connectivity index (χ1n) is 11.4. The average molecular weight is 423 g/mol. The van der Waals surface area contributed by atoms with Gasteiger partial charge in [0.1, 0.15) is 11.8 Å². The molecule has 160 valence electrons. The minimum atomic E-state index is 0.520. The summed E-state index contributed by atoms with van der Waals surface area (Å²) in [6.07, 6.45) is 9.96. The number of hydrogen-bond donors (Lipinski definition) is 1. The predicted octanol–water partition coefficient (Wildman–Crippen LogP) is 5.42. The summed E-state index contributed by atoms with van der Waals surface area (Å²) in [6.45, 7) is 0.757. The molecule has 6 heteroatoms. The van der Waals surface area contributed by atoms with Crippen LogP contribution in [0.2, 0.25) is 0 Å². The Morgan fingerprint density at radius 2 is 1.81 bits per heavy atom. The summed E-state index contributed by atoms with van der Waals surface area (Å²) < 4.78 is 4.03. The Bertz CT molecular complexity index is 1390. The zero-order valence-electron chi connectivity index (χ0n) is 18.0. The highest BCUT2D eigenvalue weighted by Gasteiger charge is 2.23. The molecule has 0 radical (unpaired) electrons. The molecule has 32 heavy (non-hydrogen) atoms. The van der Waals surface area contributed by atoms with Crippen molar-refractivity contribution in [3.63, 3.8) is 0 Å². The van der Waals surface area contributed by atoms with E-state index in [1.165, 1.54) is 43.4 Å². The fourth-order valence-electron chi connectivity index (χ4n) is 5.09. The second kappa shape index (κ2) is 7.79. The summed E-state index contributed by atoms with van der Waals surface area (Å²) in [5.74, 6) is 1.04. The molecule has 0 unspecified atom stereocenters. The van der Waals surface area contributed by atoms with E-state index in [1.807, 2.05) is 15.3 Å². The molecule has 1 aliphatic carbocycles. The minimum Gasteiger partial charge on any atom is -0.382 e. The summed E-state index contributed by atoms with van der Waals surface area (Å²) in [6, 6.07) is 19.1. The summed E-state index contributed by atoms with van der Waals surface area (Å²) in [7, 11) is 0. The summed E-state index contributed by atoms with van der Waals surface area (Å²) >= 11 is 0. The van der Waals surface area contributed by atoms with Crippen LogP contribution >= 0.6 is 0 Å². The third-order valence-electron chi connectivity index (χ3n) is 6.69. The molecule has 1 aliphatic rings. The van der Waals surface area contributed by atoms with Crippen molar-refractivity contribution in [1.29, 1.82) is 0 Å². The van der Waals surface area contributed by atoms with Crippen molar-refractivity contribution >= 4 is 22.2 Å². The van der Waals surface area contributed by atoms with Crippen LogP contribution in [0.4, 0.5) is 5.82 Å². The third kappa shape index (κ3) is 3.32. The second-order valence-corrected chi connectivity index (χ2v) is 8.81. The Kier molecular flexibility index (Phi) is 4.63. The number of nitrogens with zero attached hydrogens (tertiary/aromatic N) is 5. The Morgan fingerprint density at radius 1 is 0.969 bits per heavy atom. The lowest BCUT2D eigenvalue weighted by Crippen LogP contribution is -2.09. The van der Waals surface area contributed by atoms with Crippen LogP contribution in [0.1, 0.15) is 49.3 Å². The van der Waals surface area contributed by atoms with E-state index in [1.54, 1.807) is 6.33 Å². The van der Waals surface area contributed by atoms with E-state index in [9.17, 15) is 0 Å². The summed E-state index contributed by atoms with van der Waals surface area (Å²) in [5.41, 5.74) is 12.9. The lowest BCUT2D eigenvalue weighted by Gasteiger charge is -2.21. The first-order chi connectivity index (χ1) is 15.8. The van der Waals surface area contributed by atoms with E-state index in [2.05, 4.69) is 64.8 Å². The van der Waals surface area contributed by atoms with Gasteiger partial charge in [-0.1, -0.05) is 61.7 Å². The number of benzene rings is 2. The Hall–Kier alpha value is -3.67. The number of fused-ring (bicyclic) bond motifs is 2. The molecule has 0 spiro atoms.